The molecule has 8 rings (SSSR count). The topological polar surface area (TPSA) is 173 Å². The van der Waals surface area contributed by atoms with Crippen LogP contribution in [0.5, 0.6) is 0 Å². The summed E-state index contributed by atoms with van der Waals surface area (Å²) in [4.78, 5) is 27.6. The fourth-order valence-corrected chi connectivity index (χ4v) is 10.4. The largest absolute Gasteiger partial charge is 0.443 e. The molecule has 6 aromatic rings. The van der Waals surface area contributed by atoms with Gasteiger partial charge in [-0.2, -0.15) is 0 Å². The highest BCUT2D eigenvalue weighted by molar-refractivity contribution is 6.33. The van der Waals surface area contributed by atoms with Gasteiger partial charge in [0.2, 0.25) is 23.2 Å². The Kier molecular flexibility index (Phi) is 18.5. The summed E-state index contributed by atoms with van der Waals surface area (Å²) >= 11 is 13.9. The number of nitrogens with two attached hydrogens (primary N) is 2. The smallest absolute Gasteiger partial charge is 0.243 e. The molecule has 2 aliphatic heterocycles. The molecular formula is C60H64Cl2F2N6O8. The van der Waals surface area contributed by atoms with Crippen LogP contribution in [0, 0.1) is 11.6 Å². The summed E-state index contributed by atoms with van der Waals surface area (Å²) in [5, 5.41) is 13.8. The van der Waals surface area contributed by atoms with Gasteiger partial charge in [0.15, 0.2) is 36.2 Å². The number of methoxy groups -OCH3 is 2. The lowest BCUT2D eigenvalue weighted by Gasteiger charge is -2.49. The van der Waals surface area contributed by atoms with Crippen molar-refractivity contribution < 1.29 is 46.8 Å². The quantitative estimate of drug-likeness (QED) is 0.0468. The highest BCUT2D eigenvalue weighted by atomic mass is 35.5. The number of hydrogen-bond donors (Lipinski definition) is 2. The van der Waals surface area contributed by atoms with E-state index in [1.807, 2.05) is 60.7 Å². The zero-order valence-corrected chi connectivity index (χ0v) is 45.4. The maximum atomic E-state index is 17.4. The molecule has 6 aromatic carbocycles. The molecule has 0 aromatic heterocycles. The Morgan fingerprint density at radius 2 is 1.08 bits per heavy atom. The van der Waals surface area contributed by atoms with Crippen LogP contribution in [0.2, 0.25) is 10.0 Å². The van der Waals surface area contributed by atoms with Crippen LogP contribution in [0.25, 0.3) is 0 Å². The Balaban J connectivity index is 1.35. The second-order valence-electron chi connectivity index (χ2n) is 19.4. The monoisotopic (exact) mass is 1100 g/mol. The molecule has 0 aliphatic carbocycles. The van der Waals surface area contributed by atoms with Gasteiger partial charge in [0.25, 0.3) is 0 Å². The predicted octanol–water partition coefficient (Wildman–Crippen LogP) is 10.6. The molecule has 4 unspecified atom stereocenters. The zero-order valence-electron chi connectivity index (χ0n) is 43.9. The van der Waals surface area contributed by atoms with E-state index < -0.39 is 52.3 Å². The number of rotatable bonds is 27. The first-order valence-corrected chi connectivity index (χ1v) is 26.4. The molecule has 410 valence electrons. The minimum atomic E-state index is -1.96. The lowest BCUT2D eigenvalue weighted by molar-refractivity contribution is -0.277. The maximum Gasteiger partial charge on any atom is 0.243 e. The highest BCUT2D eigenvalue weighted by Gasteiger charge is 2.59. The van der Waals surface area contributed by atoms with Crippen LogP contribution in [0.1, 0.15) is 79.3 Å². The molecule has 7 atom stereocenters. The molecule has 18 heteroatoms. The molecule has 0 spiro atoms. The molecular weight excluding hydrogens is 1040 g/mol. The van der Waals surface area contributed by atoms with Crippen LogP contribution >= 0.6 is 23.2 Å². The van der Waals surface area contributed by atoms with Gasteiger partial charge in [-0.05, 0) is 81.7 Å². The van der Waals surface area contributed by atoms with Gasteiger partial charge in [-0.1, -0.05) is 145 Å². The van der Waals surface area contributed by atoms with Gasteiger partial charge in [-0.3, -0.25) is 9.59 Å². The van der Waals surface area contributed by atoms with Crippen molar-refractivity contribution in [1.29, 1.82) is 0 Å². The van der Waals surface area contributed by atoms with Crippen LogP contribution < -0.4 is 11.5 Å². The molecule has 0 bridgehead atoms. The van der Waals surface area contributed by atoms with Crippen molar-refractivity contribution >= 4 is 47.6 Å². The van der Waals surface area contributed by atoms with Gasteiger partial charge < -0.3 is 39.9 Å². The van der Waals surface area contributed by atoms with Crippen molar-refractivity contribution in [1.82, 2.24) is 10.0 Å². The second-order valence-corrected chi connectivity index (χ2v) is 20.3. The van der Waals surface area contributed by atoms with E-state index in [0.29, 0.717) is 57.7 Å². The van der Waals surface area contributed by atoms with E-state index in [2.05, 4.69) is 0 Å². The number of benzene rings is 6. The Morgan fingerprint density at radius 1 is 0.615 bits per heavy atom. The maximum absolute atomic E-state index is 17.4. The third kappa shape index (κ3) is 11.4. The van der Waals surface area contributed by atoms with Crippen molar-refractivity contribution in [3.63, 3.8) is 0 Å². The van der Waals surface area contributed by atoms with Crippen LogP contribution in [-0.2, 0) is 61.5 Å². The first-order valence-electron chi connectivity index (χ1n) is 25.7. The first-order chi connectivity index (χ1) is 37.7. The first kappa shape index (κ1) is 57.6. The van der Waals surface area contributed by atoms with Gasteiger partial charge in [0.05, 0.1) is 22.8 Å². The van der Waals surface area contributed by atoms with Crippen molar-refractivity contribution in [2.24, 2.45) is 21.7 Å². The number of nitrogens with zero attached hydrogens (tertiary/aromatic N) is 4. The van der Waals surface area contributed by atoms with E-state index in [4.69, 9.17) is 73.3 Å². The molecule has 2 aliphatic rings. The van der Waals surface area contributed by atoms with E-state index >= 15 is 8.78 Å². The minimum Gasteiger partial charge on any atom is -0.443 e. The molecule has 0 amide bonds. The summed E-state index contributed by atoms with van der Waals surface area (Å²) in [5.41, 5.74) is 5.95. The SMILES string of the molecule is COC(C)(C=O)C(OC(CCOC(N1N=C(c2ccccc2Cl)O[C@@]1(CCCN)c1ccccc1)[C@@](C)(C=O)OC)(Cc1ccccc1Cl)c1ccccc1F)N1N=C(c2ccccc2F)O[C@@]1(CCCN)c1ccccc1. The van der Waals surface area contributed by atoms with E-state index in [1.54, 1.807) is 90.8 Å². The van der Waals surface area contributed by atoms with Crippen molar-refractivity contribution in [3.8, 4) is 0 Å². The Morgan fingerprint density at radius 3 is 1.59 bits per heavy atom. The van der Waals surface area contributed by atoms with Gasteiger partial charge in [0, 0.05) is 61.6 Å². The number of halogens is 4. The number of carbonyl (C=O) groups is 2. The molecule has 14 nitrogen and oxygen atoms in total. The van der Waals surface area contributed by atoms with Crippen molar-refractivity contribution in [2.75, 3.05) is 33.9 Å². The average Bonchev–Trinajstić information content (AvgIpc) is 4.09. The lowest BCUT2D eigenvalue weighted by Crippen LogP contribution is -2.61. The normalized spacial score (nSPS) is 20.3. The summed E-state index contributed by atoms with van der Waals surface area (Å²) in [6.45, 7) is 3.21. The van der Waals surface area contributed by atoms with Crippen molar-refractivity contribution in [2.45, 2.75) is 93.1 Å². The fraction of sp³-hybridized carbons (Fsp3) is 0.333. The molecule has 0 fully saturated rings. The molecule has 0 saturated carbocycles. The predicted molar refractivity (Wildman–Crippen MR) is 295 cm³/mol. The Hall–Kier alpha value is -6.60. The molecule has 0 saturated heterocycles. The molecule has 2 heterocycles. The summed E-state index contributed by atoms with van der Waals surface area (Å²) in [7, 11) is 2.71. The van der Waals surface area contributed by atoms with E-state index in [-0.39, 0.29) is 68.3 Å². The summed E-state index contributed by atoms with van der Waals surface area (Å²) in [6, 6.07) is 44.6. The van der Waals surface area contributed by atoms with Crippen molar-refractivity contribution in [3.05, 3.63) is 213 Å². The van der Waals surface area contributed by atoms with E-state index in [0.717, 1.165) is 0 Å². The highest BCUT2D eigenvalue weighted by Crippen LogP contribution is 2.49. The average molecular weight is 1110 g/mol. The van der Waals surface area contributed by atoms with Gasteiger partial charge in [0.1, 0.15) is 17.2 Å². The number of hydrazone groups is 2. The van der Waals surface area contributed by atoms with Gasteiger partial charge in [-0.25, -0.2) is 18.8 Å². The Bertz CT molecular complexity index is 3080. The zero-order chi connectivity index (χ0) is 55.6. The summed E-state index contributed by atoms with van der Waals surface area (Å²) < 4.78 is 74.3. The standard InChI is InChI=1S/C60H64Cl2F2N6O8/c1-56(40-71,73-3)54(69-59(33-19-36-65,43-22-7-5-8-23-43)76-52(67-69)45-26-12-16-30-49(45)62)75-38-35-58(47-28-14-18-32-51(47)64,39-42-21-11-15-29-48(42)61)78-55(57(2,41-72)74-4)70-60(34-20-37-66,44-24-9-6-10-25-44)77-53(68-70)46-27-13-17-31-50(46)63/h5-18,21-32,40-41,54-55H,19-20,33-39,65-66H2,1-4H3/t54?,55?,56-,57?,58?,59+,60+/m1/s1. The number of ether oxygens (including phenoxy) is 6. The number of aldehydes is 2. The van der Waals surface area contributed by atoms with Gasteiger partial charge >= 0.3 is 0 Å². The second kappa shape index (κ2) is 25.0. The molecule has 0 radical (unpaired) electrons. The van der Waals surface area contributed by atoms with Crippen LogP contribution in [0.3, 0.4) is 0 Å². The third-order valence-electron chi connectivity index (χ3n) is 14.5. The lowest BCUT2D eigenvalue weighted by atomic mass is 9.83. The summed E-state index contributed by atoms with van der Waals surface area (Å²) in [5.74, 6) is -1.30. The third-order valence-corrected chi connectivity index (χ3v) is 15.2. The summed E-state index contributed by atoms with van der Waals surface area (Å²) in [6.07, 6.45) is -1.08. The number of carbonyl (C=O) groups excluding carboxylic acids is 2. The molecule has 4 N–H and O–H groups in total. The van der Waals surface area contributed by atoms with Crippen LogP contribution in [0.15, 0.2) is 168 Å². The van der Waals surface area contributed by atoms with E-state index in [1.165, 1.54) is 44.4 Å². The number of hydrogen-bond acceptors (Lipinski definition) is 14. The van der Waals surface area contributed by atoms with E-state index in [9.17, 15) is 9.59 Å². The van der Waals surface area contributed by atoms with Gasteiger partial charge in [-0.15, -0.1) is 10.2 Å². The Labute approximate surface area is 463 Å². The minimum absolute atomic E-state index is 0.0218. The fourth-order valence-electron chi connectivity index (χ4n) is 9.98. The van der Waals surface area contributed by atoms with Crippen LogP contribution in [0.4, 0.5) is 8.78 Å². The van der Waals surface area contributed by atoms with Crippen LogP contribution in [-0.4, -0.2) is 92.0 Å². The molecule has 78 heavy (non-hydrogen) atoms.